The highest BCUT2D eigenvalue weighted by molar-refractivity contribution is 9.10. The van der Waals surface area contributed by atoms with Gasteiger partial charge in [-0.2, -0.15) is 0 Å². The molecule has 100 valence electrons. The van der Waals surface area contributed by atoms with Gasteiger partial charge < -0.3 is 5.73 Å². The summed E-state index contributed by atoms with van der Waals surface area (Å²) in [5, 5.41) is 0. The van der Waals surface area contributed by atoms with Gasteiger partial charge in [0.05, 0.1) is 11.8 Å². The molecule has 18 heavy (non-hydrogen) atoms. The van der Waals surface area contributed by atoms with Crippen molar-refractivity contribution in [2.24, 2.45) is 5.73 Å². The molecule has 7 heteroatoms. The summed E-state index contributed by atoms with van der Waals surface area (Å²) < 4.78 is 22.7. The molecule has 0 saturated heterocycles. The maximum Gasteiger partial charge on any atom is 0.153 e. The van der Waals surface area contributed by atoms with Gasteiger partial charge in [-0.15, -0.1) is 0 Å². The first-order chi connectivity index (χ1) is 8.28. The Morgan fingerprint density at radius 1 is 1.50 bits per heavy atom. The zero-order chi connectivity index (χ0) is 13.8. The van der Waals surface area contributed by atoms with E-state index in [0.29, 0.717) is 0 Å². The lowest BCUT2D eigenvalue weighted by atomic mass is 10.0. The fourth-order valence-electron chi connectivity index (χ4n) is 1.39. The quantitative estimate of drug-likeness (QED) is 0.827. The topological polar surface area (TPSA) is 90.1 Å². The minimum Gasteiger partial charge on any atom is -0.321 e. The Kier molecular flexibility index (Phi) is 5.43. The fourth-order valence-corrected chi connectivity index (χ4v) is 2.48. The van der Waals surface area contributed by atoms with Crippen LogP contribution < -0.4 is 5.73 Å². The van der Waals surface area contributed by atoms with Crippen LogP contribution in [-0.4, -0.2) is 37.2 Å². The van der Waals surface area contributed by atoms with Gasteiger partial charge in [0.25, 0.3) is 0 Å². The summed E-state index contributed by atoms with van der Waals surface area (Å²) in [6.45, 7) is 0. The van der Waals surface area contributed by atoms with Crippen LogP contribution in [0.25, 0.3) is 0 Å². The number of hydrogen-bond acceptors (Lipinski definition) is 5. The first-order valence-electron chi connectivity index (χ1n) is 5.33. The van der Waals surface area contributed by atoms with E-state index in [1.165, 1.54) is 0 Å². The number of hydrogen-bond donors (Lipinski definition) is 1. The van der Waals surface area contributed by atoms with E-state index in [-0.39, 0.29) is 24.4 Å². The monoisotopic (exact) mass is 334 g/mol. The summed E-state index contributed by atoms with van der Waals surface area (Å²) in [5.74, 6) is -0.255. The lowest BCUT2D eigenvalue weighted by Gasteiger charge is -2.09. The molecule has 0 aliphatic rings. The number of pyridine rings is 1. The van der Waals surface area contributed by atoms with Crippen LogP contribution in [0.4, 0.5) is 0 Å². The van der Waals surface area contributed by atoms with Crippen LogP contribution in [0.3, 0.4) is 0 Å². The predicted octanol–water partition coefficient (Wildman–Crippen LogP) is 0.718. The number of rotatable bonds is 6. The van der Waals surface area contributed by atoms with E-state index in [9.17, 15) is 13.2 Å². The smallest absolute Gasteiger partial charge is 0.153 e. The maximum absolute atomic E-state index is 11.8. The van der Waals surface area contributed by atoms with Crippen molar-refractivity contribution >= 4 is 31.6 Å². The molecule has 0 radical (unpaired) electrons. The highest BCUT2D eigenvalue weighted by atomic mass is 79.9. The van der Waals surface area contributed by atoms with Crippen molar-refractivity contribution in [2.75, 3.05) is 12.0 Å². The van der Waals surface area contributed by atoms with Crippen LogP contribution in [0.1, 0.15) is 12.0 Å². The number of Topliss-reactive ketones (excluding diaryl/α,β-unsaturated/α-hetero) is 1. The third kappa shape index (κ3) is 5.70. The fraction of sp³-hybridized carbons (Fsp3) is 0.455. The summed E-state index contributed by atoms with van der Waals surface area (Å²) in [7, 11) is -3.08. The Bertz CT molecular complexity index is 531. The molecule has 0 bridgehead atoms. The summed E-state index contributed by atoms with van der Waals surface area (Å²) in [6, 6.07) is 1.03. The molecule has 1 atom stereocenters. The minimum absolute atomic E-state index is 0.0728. The number of nitrogens with zero attached hydrogens (tertiary/aromatic N) is 1. The van der Waals surface area contributed by atoms with E-state index in [4.69, 9.17) is 5.73 Å². The molecule has 0 aliphatic heterocycles. The molecule has 5 nitrogen and oxygen atoms in total. The van der Waals surface area contributed by atoms with Gasteiger partial charge in [0.2, 0.25) is 0 Å². The average Bonchev–Trinajstić information content (AvgIpc) is 2.24. The van der Waals surface area contributed by atoms with Crippen LogP contribution in [0.15, 0.2) is 22.9 Å². The number of halogens is 1. The third-order valence-corrected chi connectivity index (χ3v) is 3.76. The standard InChI is InChI=1S/C11H15BrN2O3S/c1-18(16,17)3-2-10(13)11(15)5-8-4-9(12)7-14-6-8/h4,6-7,10H,2-3,5,13H2,1H3. The van der Waals surface area contributed by atoms with Crippen LogP contribution in [-0.2, 0) is 21.1 Å². The molecular weight excluding hydrogens is 320 g/mol. The zero-order valence-corrected chi connectivity index (χ0v) is 12.4. The molecule has 0 saturated carbocycles. The van der Waals surface area contributed by atoms with Crippen molar-refractivity contribution < 1.29 is 13.2 Å². The number of nitrogens with two attached hydrogens (primary N) is 1. The van der Waals surface area contributed by atoms with Gasteiger partial charge in [-0.25, -0.2) is 8.42 Å². The molecule has 0 aliphatic carbocycles. The van der Waals surface area contributed by atoms with Gasteiger partial charge in [-0.05, 0) is 34.0 Å². The van der Waals surface area contributed by atoms with Crippen molar-refractivity contribution in [3.05, 3.63) is 28.5 Å². The summed E-state index contributed by atoms with van der Waals surface area (Å²) in [4.78, 5) is 15.7. The lowest BCUT2D eigenvalue weighted by Crippen LogP contribution is -2.33. The molecule has 1 unspecified atom stereocenters. The third-order valence-electron chi connectivity index (χ3n) is 2.35. The van der Waals surface area contributed by atoms with Gasteiger partial charge in [-0.3, -0.25) is 9.78 Å². The normalized spacial score (nSPS) is 13.3. The lowest BCUT2D eigenvalue weighted by molar-refractivity contribution is -0.119. The van der Waals surface area contributed by atoms with Crippen molar-refractivity contribution in [1.82, 2.24) is 4.98 Å². The Morgan fingerprint density at radius 2 is 2.17 bits per heavy atom. The van der Waals surface area contributed by atoms with E-state index in [1.54, 1.807) is 18.5 Å². The second-order valence-corrected chi connectivity index (χ2v) is 7.35. The van der Waals surface area contributed by atoms with E-state index >= 15 is 0 Å². The molecular formula is C11H15BrN2O3S. The van der Waals surface area contributed by atoms with Crippen molar-refractivity contribution in [2.45, 2.75) is 18.9 Å². The average molecular weight is 335 g/mol. The highest BCUT2D eigenvalue weighted by Crippen LogP contribution is 2.11. The molecule has 2 N–H and O–H groups in total. The predicted molar refractivity (Wildman–Crippen MR) is 73.0 cm³/mol. The highest BCUT2D eigenvalue weighted by Gasteiger charge is 2.16. The second kappa shape index (κ2) is 6.40. The molecule has 0 spiro atoms. The second-order valence-electron chi connectivity index (χ2n) is 4.18. The van der Waals surface area contributed by atoms with Gasteiger partial charge in [0, 0.05) is 29.5 Å². The van der Waals surface area contributed by atoms with Crippen LogP contribution in [0.5, 0.6) is 0 Å². The Labute approximate surface area is 115 Å². The van der Waals surface area contributed by atoms with Crippen LogP contribution >= 0.6 is 15.9 Å². The summed E-state index contributed by atoms with van der Waals surface area (Å²) >= 11 is 3.26. The molecule has 0 fully saturated rings. The first-order valence-corrected chi connectivity index (χ1v) is 8.19. The van der Waals surface area contributed by atoms with Crippen LogP contribution in [0, 0.1) is 0 Å². The number of aromatic nitrogens is 1. The van der Waals surface area contributed by atoms with Gasteiger partial charge in [0.1, 0.15) is 9.84 Å². The molecule has 1 aromatic heterocycles. The molecule has 0 aromatic carbocycles. The molecule has 0 amide bonds. The van der Waals surface area contributed by atoms with Crippen molar-refractivity contribution in [1.29, 1.82) is 0 Å². The SMILES string of the molecule is CS(=O)(=O)CCC(N)C(=O)Cc1cncc(Br)c1. The number of carbonyl (C=O) groups is 1. The van der Waals surface area contributed by atoms with Gasteiger partial charge >= 0.3 is 0 Å². The number of ketones is 1. The van der Waals surface area contributed by atoms with Crippen molar-refractivity contribution in [3.8, 4) is 0 Å². The Balaban J connectivity index is 2.55. The zero-order valence-electron chi connectivity index (χ0n) is 9.97. The number of sulfone groups is 1. The van der Waals surface area contributed by atoms with E-state index in [1.807, 2.05) is 0 Å². The largest absolute Gasteiger partial charge is 0.321 e. The van der Waals surface area contributed by atoms with E-state index in [0.717, 1.165) is 16.3 Å². The maximum atomic E-state index is 11.8. The van der Waals surface area contributed by atoms with Crippen LogP contribution in [0.2, 0.25) is 0 Å². The summed E-state index contributed by atoms with van der Waals surface area (Å²) in [6.07, 6.45) is 4.66. The van der Waals surface area contributed by atoms with Gasteiger partial charge in [0.15, 0.2) is 5.78 Å². The first kappa shape index (κ1) is 15.3. The number of carbonyl (C=O) groups excluding carboxylic acids is 1. The van der Waals surface area contributed by atoms with E-state index < -0.39 is 15.9 Å². The van der Waals surface area contributed by atoms with Gasteiger partial charge in [-0.1, -0.05) is 0 Å². The van der Waals surface area contributed by atoms with Crippen molar-refractivity contribution in [3.63, 3.8) is 0 Å². The molecule has 1 aromatic rings. The summed E-state index contributed by atoms with van der Waals surface area (Å²) in [5.41, 5.74) is 6.42. The Hall–Kier alpha value is -0.790. The van der Waals surface area contributed by atoms with E-state index in [2.05, 4.69) is 20.9 Å². The molecule has 1 heterocycles. The molecule has 1 rings (SSSR count). The minimum atomic E-state index is -3.08. The Morgan fingerprint density at radius 3 is 2.72 bits per heavy atom.